The van der Waals surface area contributed by atoms with E-state index in [1.54, 1.807) is 20.0 Å². The van der Waals surface area contributed by atoms with Crippen molar-refractivity contribution < 1.29 is 9.66 Å². The predicted octanol–water partition coefficient (Wildman–Crippen LogP) is 1.51. The van der Waals surface area contributed by atoms with Gasteiger partial charge >= 0.3 is 0 Å². The van der Waals surface area contributed by atoms with E-state index in [4.69, 9.17) is 10.5 Å². The first-order chi connectivity index (χ1) is 8.99. The van der Waals surface area contributed by atoms with Crippen LogP contribution in [-0.4, -0.2) is 29.7 Å². The number of hydrogen-bond donors (Lipinski definition) is 1. The Kier molecular flexibility index (Phi) is 3.82. The molecular formula is C13H19N3O3. The molecule has 2 heterocycles. The van der Waals surface area contributed by atoms with Crippen molar-refractivity contribution in [1.82, 2.24) is 4.98 Å². The van der Waals surface area contributed by atoms with Gasteiger partial charge in [0.1, 0.15) is 0 Å². The maximum atomic E-state index is 11.1. The first kappa shape index (κ1) is 13.9. The van der Waals surface area contributed by atoms with Crippen LogP contribution < -0.4 is 5.73 Å². The molecule has 0 bridgehead atoms. The van der Waals surface area contributed by atoms with Gasteiger partial charge < -0.3 is 10.5 Å². The third-order valence-electron chi connectivity index (χ3n) is 3.92. The third-order valence-corrected chi connectivity index (χ3v) is 3.92. The average molecular weight is 265 g/mol. The van der Waals surface area contributed by atoms with Crippen molar-refractivity contribution >= 4 is 5.69 Å². The summed E-state index contributed by atoms with van der Waals surface area (Å²) < 4.78 is 5.42. The molecule has 0 amide bonds. The second-order valence-corrected chi connectivity index (χ2v) is 5.30. The van der Waals surface area contributed by atoms with Gasteiger partial charge in [0.2, 0.25) is 0 Å². The van der Waals surface area contributed by atoms with Crippen LogP contribution in [0.2, 0.25) is 0 Å². The molecule has 0 spiro atoms. The van der Waals surface area contributed by atoms with Gasteiger partial charge in [0, 0.05) is 35.9 Å². The number of nitrogens with zero attached hydrogens (tertiary/aromatic N) is 2. The normalized spacial score (nSPS) is 22.7. The molecule has 1 aliphatic heterocycles. The van der Waals surface area contributed by atoms with Crippen molar-refractivity contribution in [3.8, 4) is 0 Å². The standard InChI is InChI=1S/C13H19N3O3/c1-9-6-15-11(10(2)12(9)16(17)18)5-13(7-14)3-4-19-8-13/h6H,3-5,7-8,14H2,1-2H3. The molecule has 0 radical (unpaired) electrons. The molecule has 6 nitrogen and oxygen atoms in total. The minimum atomic E-state index is -0.337. The zero-order chi connectivity index (χ0) is 14.0. The zero-order valence-corrected chi connectivity index (χ0v) is 11.3. The molecule has 0 aromatic carbocycles. The molecule has 1 aromatic rings. The fourth-order valence-electron chi connectivity index (χ4n) is 2.60. The molecule has 1 saturated heterocycles. The van der Waals surface area contributed by atoms with Crippen LogP contribution in [-0.2, 0) is 11.2 Å². The van der Waals surface area contributed by atoms with Gasteiger partial charge in [-0.3, -0.25) is 15.1 Å². The number of hydrogen-bond acceptors (Lipinski definition) is 5. The Morgan fingerprint density at radius 1 is 1.58 bits per heavy atom. The van der Waals surface area contributed by atoms with Gasteiger partial charge in [-0.2, -0.15) is 0 Å². The van der Waals surface area contributed by atoms with Crippen molar-refractivity contribution in [1.29, 1.82) is 0 Å². The molecule has 0 saturated carbocycles. The Morgan fingerprint density at radius 3 is 2.84 bits per heavy atom. The first-order valence-corrected chi connectivity index (χ1v) is 6.36. The van der Waals surface area contributed by atoms with Crippen LogP contribution in [0.3, 0.4) is 0 Å². The topological polar surface area (TPSA) is 91.3 Å². The van der Waals surface area contributed by atoms with Crippen molar-refractivity contribution in [3.63, 3.8) is 0 Å². The van der Waals surface area contributed by atoms with E-state index in [-0.39, 0.29) is 16.0 Å². The number of aromatic nitrogens is 1. The summed E-state index contributed by atoms with van der Waals surface area (Å²) in [5.41, 5.74) is 7.89. The van der Waals surface area contributed by atoms with E-state index in [9.17, 15) is 10.1 Å². The summed E-state index contributed by atoms with van der Waals surface area (Å²) in [6.45, 7) is 5.28. The molecule has 104 valence electrons. The van der Waals surface area contributed by atoms with Crippen LogP contribution in [0, 0.1) is 29.4 Å². The Bertz CT molecular complexity index is 496. The van der Waals surface area contributed by atoms with E-state index in [1.165, 1.54) is 0 Å². The summed E-state index contributed by atoms with van der Waals surface area (Å²) in [6, 6.07) is 0. The molecule has 1 fully saturated rings. The maximum Gasteiger partial charge on any atom is 0.278 e. The second kappa shape index (κ2) is 5.22. The van der Waals surface area contributed by atoms with Crippen molar-refractivity contribution in [2.45, 2.75) is 26.7 Å². The lowest BCUT2D eigenvalue weighted by atomic mass is 9.81. The highest BCUT2D eigenvalue weighted by molar-refractivity contribution is 5.47. The van der Waals surface area contributed by atoms with Gasteiger partial charge in [-0.25, -0.2) is 0 Å². The number of aryl methyl sites for hydroxylation is 1. The summed E-state index contributed by atoms with van der Waals surface area (Å²) in [5, 5.41) is 11.1. The van der Waals surface area contributed by atoms with Gasteiger partial charge in [-0.1, -0.05) is 0 Å². The first-order valence-electron chi connectivity index (χ1n) is 6.36. The molecule has 6 heteroatoms. The summed E-state index contributed by atoms with van der Waals surface area (Å²) in [4.78, 5) is 15.1. The molecular weight excluding hydrogens is 246 g/mol. The molecule has 1 aliphatic rings. The van der Waals surface area contributed by atoms with Crippen molar-refractivity contribution in [3.05, 3.63) is 33.1 Å². The van der Waals surface area contributed by atoms with E-state index >= 15 is 0 Å². The van der Waals surface area contributed by atoms with E-state index in [1.807, 2.05) is 0 Å². The van der Waals surface area contributed by atoms with Crippen LogP contribution in [0.4, 0.5) is 5.69 Å². The molecule has 2 N–H and O–H groups in total. The summed E-state index contributed by atoms with van der Waals surface area (Å²) in [5.74, 6) is 0. The number of nitrogens with two attached hydrogens (primary N) is 1. The van der Waals surface area contributed by atoms with Gasteiger partial charge in [0.15, 0.2) is 0 Å². The highest BCUT2D eigenvalue weighted by Crippen LogP contribution is 2.34. The molecule has 1 unspecified atom stereocenters. The van der Waals surface area contributed by atoms with Crippen molar-refractivity contribution in [2.24, 2.45) is 11.1 Å². The third kappa shape index (κ3) is 2.59. The number of pyridine rings is 1. The fourth-order valence-corrected chi connectivity index (χ4v) is 2.60. The van der Waals surface area contributed by atoms with Gasteiger partial charge in [0.25, 0.3) is 5.69 Å². The summed E-state index contributed by atoms with van der Waals surface area (Å²) >= 11 is 0. The SMILES string of the molecule is Cc1cnc(CC2(CN)CCOC2)c(C)c1[N+](=O)[O-]. The highest BCUT2D eigenvalue weighted by Gasteiger charge is 2.35. The smallest absolute Gasteiger partial charge is 0.278 e. The second-order valence-electron chi connectivity index (χ2n) is 5.30. The lowest BCUT2D eigenvalue weighted by Crippen LogP contribution is -2.33. The maximum absolute atomic E-state index is 11.1. The molecule has 1 atom stereocenters. The van der Waals surface area contributed by atoms with Crippen LogP contribution in [0.1, 0.15) is 23.2 Å². The van der Waals surface area contributed by atoms with Gasteiger partial charge in [-0.05, 0) is 26.7 Å². The Labute approximate surface area is 112 Å². The Morgan fingerprint density at radius 2 is 2.32 bits per heavy atom. The lowest BCUT2D eigenvalue weighted by molar-refractivity contribution is -0.386. The van der Waals surface area contributed by atoms with Gasteiger partial charge in [0.05, 0.1) is 17.2 Å². The van der Waals surface area contributed by atoms with Gasteiger partial charge in [-0.15, -0.1) is 0 Å². The number of nitro groups is 1. The molecule has 0 aliphatic carbocycles. The largest absolute Gasteiger partial charge is 0.381 e. The van der Waals surface area contributed by atoms with Crippen molar-refractivity contribution in [2.75, 3.05) is 19.8 Å². The highest BCUT2D eigenvalue weighted by atomic mass is 16.6. The molecule has 19 heavy (non-hydrogen) atoms. The molecule has 2 rings (SSSR count). The predicted molar refractivity (Wildman–Crippen MR) is 71.0 cm³/mol. The van der Waals surface area contributed by atoms with Crippen LogP contribution >= 0.6 is 0 Å². The number of rotatable bonds is 4. The molecule has 1 aromatic heterocycles. The summed E-state index contributed by atoms with van der Waals surface area (Å²) in [7, 11) is 0. The quantitative estimate of drug-likeness (QED) is 0.658. The fraction of sp³-hybridized carbons (Fsp3) is 0.615. The van der Waals surface area contributed by atoms with Crippen LogP contribution in [0.25, 0.3) is 0 Å². The van der Waals surface area contributed by atoms with E-state index in [0.717, 1.165) is 12.1 Å². The van der Waals surface area contributed by atoms with Crippen LogP contribution in [0.15, 0.2) is 6.20 Å². The van der Waals surface area contributed by atoms with E-state index in [2.05, 4.69) is 4.98 Å². The van der Waals surface area contributed by atoms with Crippen LogP contribution in [0.5, 0.6) is 0 Å². The summed E-state index contributed by atoms with van der Waals surface area (Å²) in [6.07, 6.45) is 3.09. The van der Waals surface area contributed by atoms with E-state index in [0.29, 0.717) is 37.3 Å². The lowest BCUT2D eigenvalue weighted by Gasteiger charge is -2.25. The minimum absolute atomic E-state index is 0.124. The average Bonchev–Trinajstić information content (AvgIpc) is 2.82. The zero-order valence-electron chi connectivity index (χ0n) is 11.3. The monoisotopic (exact) mass is 265 g/mol. The van der Waals surface area contributed by atoms with E-state index < -0.39 is 0 Å². The minimum Gasteiger partial charge on any atom is -0.381 e. The Hall–Kier alpha value is -1.53. The Balaban J connectivity index is 2.36. The number of ether oxygens (including phenoxy) is 1.